The minimum absolute atomic E-state index is 0.0520. The highest BCUT2D eigenvalue weighted by Gasteiger charge is 2.31. The van der Waals surface area contributed by atoms with E-state index in [-0.39, 0.29) is 24.4 Å². The van der Waals surface area contributed by atoms with Crippen molar-refractivity contribution in [2.24, 2.45) is 0 Å². The highest BCUT2D eigenvalue weighted by Crippen LogP contribution is 2.29. The first kappa shape index (κ1) is 29.2. The summed E-state index contributed by atoms with van der Waals surface area (Å²) in [5.74, 6) is -0.0368. The van der Waals surface area contributed by atoms with Crippen LogP contribution in [0.1, 0.15) is 58.1 Å². The summed E-state index contributed by atoms with van der Waals surface area (Å²) in [5.41, 5.74) is 2.07. The average molecular weight is 518 g/mol. The molecule has 8 nitrogen and oxygen atoms in total. The van der Waals surface area contributed by atoms with E-state index in [4.69, 9.17) is 4.74 Å². The summed E-state index contributed by atoms with van der Waals surface area (Å²) >= 11 is 0. The predicted molar refractivity (Wildman–Crippen MR) is 144 cm³/mol. The number of carbonyl (C=O) groups is 2. The third-order valence-corrected chi connectivity index (χ3v) is 7.31. The van der Waals surface area contributed by atoms with Crippen molar-refractivity contribution in [1.29, 1.82) is 0 Å². The normalized spacial score (nSPS) is 13.1. The van der Waals surface area contributed by atoms with Gasteiger partial charge in [-0.25, -0.2) is 8.42 Å². The first-order valence-corrected chi connectivity index (χ1v) is 14.0. The van der Waals surface area contributed by atoms with Gasteiger partial charge in [0.2, 0.25) is 21.8 Å². The number of hydrogen-bond donors (Lipinski definition) is 1. The number of nitrogens with one attached hydrogen (secondary N) is 1. The fraction of sp³-hybridized carbons (Fsp3) is 0.481. The van der Waals surface area contributed by atoms with E-state index in [2.05, 4.69) is 5.32 Å². The maximum atomic E-state index is 13.7. The number of rotatable bonds is 12. The molecular formula is C27H39N3O5S. The molecule has 0 bridgehead atoms. The number of hydrogen-bond acceptors (Lipinski definition) is 5. The standard InChI is InChI=1S/C27H39N3O5S/c1-8-20(4)28-27(32)21(5)29(17-22-13-15-23(35-6)16-14-22)26(31)18-30(36(7,33)34)25-12-10-9-11-24(25)19(2)3/h9-16,19-21H,8,17-18H2,1-7H3,(H,28,32)/t20-,21-/m0/s1. The SMILES string of the molecule is CC[C@H](C)NC(=O)[C@H](C)N(Cc1ccc(OC)cc1)C(=O)CN(c1ccccc1C(C)C)S(C)(=O)=O. The lowest BCUT2D eigenvalue weighted by Crippen LogP contribution is -2.52. The van der Waals surface area contributed by atoms with Crippen LogP contribution in [0.4, 0.5) is 5.69 Å². The average Bonchev–Trinajstić information content (AvgIpc) is 2.84. The molecule has 198 valence electrons. The second kappa shape index (κ2) is 12.8. The number of sulfonamides is 1. The van der Waals surface area contributed by atoms with Gasteiger partial charge in [-0.15, -0.1) is 0 Å². The Balaban J connectivity index is 2.44. The van der Waals surface area contributed by atoms with Gasteiger partial charge in [0.15, 0.2) is 0 Å². The zero-order valence-corrected chi connectivity index (χ0v) is 23.1. The lowest BCUT2D eigenvalue weighted by molar-refractivity contribution is -0.139. The zero-order valence-electron chi connectivity index (χ0n) is 22.3. The molecule has 9 heteroatoms. The maximum Gasteiger partial charge on any atom is 0.244 e. The van der Waals surface area contributed by atoms with Crippen LogP contribution in [0.25, 0.3) is 0 Å². The molecule has 0 aliphatic carbocycles. The van der Waals surface area contributed by atoms with Gasteiger partial charge in [0.1, 0.15) is 18.3 Å². The summed E-state index contributed by atoms with van der Waals surface area (Å²) in [5, 5.41) is 2.92. The van der Waals surface area contributed by atoms with E-state index in [1.165, 1.54) is 4.90 Å². The smallest absolute Gasteiger partial charge is 0.244 e. The van der Waals surface area contributed by atoms with Crippen LogP contribution in [0.15, 0.2) is 48.5 Å². The summed E-state index contributed by atoms with van der Waals surface area (Å²) < 4.78 is 32.0. The molecule has 0 heterocycles. The number of benzene rings is 2. The Hall–Kier alpha value is -3.07. The van der Waals surface area contributed by atoms with Gasteiger partial charge < -0.3 is 15.0 Å². The van der Waals surface area contributed by atoms with E-state index < -0.39 is 28.5 Å². The molecule has 0 saturated heterocycles. The molecule has 2 aromatic rings. The molecule has 1 N–H and O–H groups in total. The van der Waals surface area contributed by atoms with Gasteiger partial charge in [-0.1, -0.05) is 51.1 Å². The molecule has 0 aromatic heterocycles. The van der Waals surface area contributed by atoms with Gasteiger partial charge in [0.05, 0.1) is 19.1 Å². The van der Waals surface area contributed by atoms with Crippen LogP contribution in [-0.4, -0.2) is 57.1 Å². The zero-order chi connectivity index (χ0) is 27.0. The van der Waals surface area contributed by atoms with Crippen molar-refractivity contribution in [3.05, 3.63) is 59.7 Å². The molecular weight excluding hydrogens is 478 g/mol. The number of nitrogens with zero attached hydrogens (tertiary/aromatic N) is 2. The van der Waals surface area contributed by atoms with Crippen molar-refractivity contribution in [3.63, 3.8) is 0 Å². The number of para-hydroxylation sites is 1. The fourth-order valence-electron chi connectivity index (χ4n) is 3.77. The van der Waals surface area contributed by atoms with Crippen LogP contribution in [0, 0.1) is 0 Å². The number of anilines is 1. The summed E-state index contributed by atoms with van der Waals surface area (Å²) in [6.45, 7) is 9.18. The van der Waals surface area contributed by atoms with Crippen molar-refractivity contribution in [2.75, 3.05) is 24.2 Å². The van der Waals surface area contributed by atoms with E-state index in [9.17, 15) is 18.0 Å². The van der Waals surface area contributed by atoms with Crippen LogP contribution >= 0.6 is 0 Å². The van der Waals surface area contributed by atoms with Crippen LogP contribution in [0.5, 0.6) is 5.75 Å². The molecule has 0 spiro atoms. The molecule has 0 aliphatic rings. The minimum Gasteiger partial charge on any atom is -0.497 e. The second-order valence-electron chi connectivity index (χ2n) is 9.35. The highest BCUT2D eigenvalue weighted by atomic mass is 32.2. The highest BCUT2D eigenvalue weighted by molar-refractivity contribution is 7.92. The largest absolute Gasteiger partial charge is 0.497 e. The first-order chi connectivity index (χ1) is 16.9. The van der Waals surface area contributed by atoms with Gasteiger partial charge in [-0.3, -0.25) is 13.9 Å². The minimum atomic E-state index is -3.78. The van der Waals surface area contributed by atoms with Crippen LogP contribution in [0.2, 0.25) is 0 Å². The Morgan fingerprint density at radius 2 is 1.61 bits per heavy atom. The summed E-state index contributed by atoms with van der Waals surface area (Å²) in [6, 6.07) is 13.5. The van der Waals surface area contributed by atoms with E-state index in [1.807, 2.05) is 52.0 Å². The van der Waals surface area contributed by atoms with Gasteiger partial charge in [-0.2, -0.15) is 0 Å². The molecule has 0 radical (unpaired) electrons. The van der Waals surface area contributed by atoms with Gasteiger partial charge in [0, 0.05) is 12.6 Å². The van der Waals surface area contributed by atoms with Crippen molar-refractivity contribution in [1.82, 2.24) is 10.2 Å². The van der Waals surface area contributed by atoms with E-state index >= 15 is 0 Å². The van der Waals surface area contributed by atoms with Gasteiger partial charge >= 0.3 is 0 Å². The Kier molecular flexibility index (Phi) is 10.3. The molecule has 0 saturated carbocycles. The van der Waals surface area contributed by atoms with Crippen LogP contribution in [-0.2, 0) is 26.2 Å². The van der Waals surface area contributed by atoms with Crippen molar-refractivity contribution in [3.8, 4) is 5.75 Å². The van der Waals surface area contributed by atoms with Crippen molar-refractivity contribution < 1.29 is 22.7 Å². The second-order valence-corrected chi connectivity index (χ2v) is 11.3. The van der Waals surface area contributed by atoms with Crippen molar-refractivity contribution >= 4 is 27.5 Å². The van der Waals surface area contributed by atoms with E-state index in [0.717, 1.165) is 28.1 Å². The van der Waals surface area contributed by atoms with Crippen molar-refractivity contribution in [2.45, 2.75) is 65.6 Å². The summed E-state index contributed by atoms with van der Waals surface area (Å²) in [7, 11) is -2.21. The molecule has 2 rings (SSSR count). The van der Waals surface area contributed by atoms with Gasteiger partial charge in [-0.05, 0) is 55.5 Å². The third-order valence-electron chi connectivity index (χ3n) is 6.19. The quantitative estimate of drug-likeness (QED) is 0.460. The molecule has 0 fully saturated rings. The number of amides is 2. The molecule has 2 amide bonds. The number of carbonyl (C=O) groups excluding carboxylic acids is 2. The van der Waals surface area contributed by atoms with E-state index in [0.29, 0.717) is 11.4 Å². The fourth-order valence-corrected chi connectivity index (χ4v) is 4.64. The number of methoxy groups -OCH3 is 1. The molecule has 36 heavy (non-hydrogen) atoms. The Morgan fingerprint density at radius 3 is 2.14 bits per heavy atom. The molecule has 0 aliphatic heterocycles. The van der Waals surface area contributed by atoms with E-state index in [1.54, 1.807) is 38.3 Å². The van der Waals surface area contributed by atoms with Gasteiger partial charge in [0.25, 0.3) is 0 Å². The third kappa shape index (κ3) is 7.71. The topological polar surface area (TPSA) is 96.0 Å². The lowest BCUT2D eigenvalue weighted by Gasteiger charge is -2.32. The maximum absolute atomic E-state index is 13.7. The summed E-state index contributed by atoms with van der Waals surface area (Å²) in [4.78, 5) is 28.1. The Morgan fingerprint density at radius 1 is 1.00 bits per heavy atom. The predicted octanol–water partition coefficient (Wildman–Crippen LogP) is 3.92. The first-order valence-electron chi connectivity index (χ1n) is 12.2. The van der Waals surface area contributed by atoms with Crippen LogP contribution < -0.4 is 14.4 Å². The van der Waals surface area contributed by atoms with Crippen LogP contribution in [0.3, 0.4) is 0 Å². The molecule has 0 unspecified atom stereocenters. The Bertz CT molecular complexity index is 1130. The molecule has 2 atom stereocenters. The Labute approximate surface area is 215 Å². The lowest BCUT2D eigenvalue weighted by atomic mass is 10.0. The summed E-state index contributed by atoms with van der Waals surface area (Å²) in [6.07, 6.45) is 1.84. The monoisotopic (exact) mass is 517 g/mol. The number of ether oxygens (including phenoxy) is 1. The molecule has 2 aromatic carbocycles.